The Morgan fingerprint density at radius 1 is 1.48 bits per heavy atom. The number of carbonyl (C=O) groups excluding carboxylic acids is 2. The van der Waals surface area contributed by atoms with Gasteiger partial charge in [-0.2, -0.15) is 0 Å². The van der Waals surface area contributed by atoms with Gasteiger partial charge < -0.3 is 15.2 Å². The van der Waals surface area contributed by atoms with Crippen molar-refractivity contribution in [1.82, 2.24) is 15.2 Å². The number of amides is 2. The molecule has 3 heterocycles. The molecule has 0 aromatic carbocycles. The van der Waals surface area contributed by atoms with Gasteiger partial charge in [0.25, 0.3) is 5.91 Å². The van der Waals surface area contributed by atoms with E-state index in [1.807, 2.05) is 23.6 Å². The Labute approximate surface area is 126 Å². The number of nitrogens with one attached hydrogen (secondary N) is 2. The van der Waals surface area contributed by atoms with Crippen molar-refractivity contribution in [3.63, 3.8) is 0 Å². The highest BCUT2D eigenvalue weighted by Crippen LogP contribution is 2.54. The van der Waals surface area contributed by atoms with Crippen molar-refractivity contribution in [2.24, 2.45) is 5.92 Å². The molecule has 0 radical (unpaired) electrons. The third-order valence-corrected chi connectivity index (χ3v) is 5.30. The maximum atomic E-state index is 12.4. The van der Waals surface area contributed by atoms with E-state index >= 15 is 0 Å². The minimum atomic E-state index is -0.129. The first-order valence-corrected chi connectivity index (χ1v) is 7.81. The highest BCUT2D eigenvalue weighted by molar-refractivity contribution is 7.09. The highest BCUT2D eigenvalue weighted by Gasteiger charge is 2.62. The Morgan fingerprint density at radius 3 is 3.10 bits per heavy atom. The second-order valence-electron chi connectivity index (χ2n) is 5.56. The van der Waals surface area contributed by atoms with E-state index in [9.17, 15) is 9.59 Å². The van der Waals surface area contributed by atoms with Gasteiger partial charge in [-0.1, -0.05) is 6.07 Å². The van der Waals surface area contributed by atoms with Crippen LogP contribution in [0, 0.1) is 5.92 Å². The largest absolute Gasteiger partial charge is 0.357 e. The lowest BCUT2D eigenvalue weighted by atomic mass is 10.1. The van der Waals surface area contributed by atoms with Crippen molar-refractivity contribution in [3.05, 3.63) is 45.9 Å². The summed E-state index contributed by atoms with van der Waals surface area (Å²) >= 11 is 1.63. The monoisotopic (exact) mass is 301 g/mol. The van der Waals surface area contributed by atoms with Crippen LogP contribution in [0.3, 0.4) is 0 Å². The molecule has 5 nitrogen and oxygen atoms in total. The lowest BCUT2D eigenvalue weighted by Crippen LogP contribution is -2.35. The Morgan fingerprint density at radius 2 is 2.33 bits per heavy atom. The van der Waals surface area contributed by atoms with Gasteiger partial charge in [0.1, 0.15) is 5.69 Å². The number of H-pyrrole nitrogens is 1. The third-order valence-electron chi connectivity index (χ3n) is 4.42. The second kappa shape index (κ2) is 4.46. The number of aromatic nitrogens is 1. The molecule has 1 aliphatic carbocycles. The van der Waals surface area contributed by atoms with Gasteiger partial charge in [0.05, 0.1) is 18.5 Å². The van der Waals surface area contributed by atoms with Crippen LogP contribution in [0.15, 0.2) is 29.8 Å². The van der Waals surface area contributed by atoms with E-state index in [0.29, 0.717) is 12.2 Å². The van der Waals surface area contributed by atoms with Gasteiger partial charge in [-0.3, -0.25) is 9.59 Å². The number of nitrogens with zero attached hydrogens (tertiary/aromatic N) is 1. The molecule has 1 aliphatic heterocycles. The minimum Gasteiger partial charge on any atom is -0.357 e. The van der Waals surface area contributed by atoms with Crippen LogP contribution in [0.1, 0.15) is 26.8 Å². The van der Waals surface area contributed by atoms with E-state index in [0.717, 1.165) is 10.4 Å². The van der Waals surface area contributed by atoms with E-state index in [1.54, 1.807) is 29.5 Å². The average molecular weight is 301 g/mol. The van der Waals surface area contributed by atoms with E-state index < -0.39 is 0 Å². The van der Waals surface area contributed by atoms with Gasteiger partial charge in [0.15, 0.2) is 0 Å². The lowest BCUT2D eigenvalue weighted by Gasteiger charge is -2.21. The van der Waals surface area contributed by atoms with Gasteiger partial charge >= 0.3 is 0 Å². The quantitative estimate of drug-likeness (QED) is 0.903. The lowest BCUT2D eigenvalue weighted by molar-refractivity contribution is -0.122. The first-order valence-electron chi connectivity index (χ1n) is 6.93. The van der Waals surface area contributed by atoms with Gasteiger partial charge in [-0.25, -0.2) is 0 Å². The van der Waals surface area contributed by atoms with Crippen molar-refractivity contribution in [3.8, 4) is 0 Å². The third kappa shape index (κ3) is 1.82. The maximum Gasteiger partial charge on any atom is 0.270 e. The van der Waals surface area contributed by atoms with Crippen LogP contribution in [0.25, 0.3) is 0 Å². The van der Waals surface area contributed by atoms with Crippen molar-refractivity contribution in [1.29, 1.82) is 0 Å². The first kappa shape index (κ1) is 12.6. The van der Waals surface area contributed by atoms with Crippen LogP contribution in [-0.2, 0) is 11.3 Å². The number of rotatable bonds is 3. The molecule has 108 valence electrons. The Bertz CT molecular complexity index is 706. The SMILES string of the molecule is CN1C(=O)c2[nH]ccc2C2C(C(=O)NCc3cccs3)C21. The molecule has 0 saturated heterocycles. The fraction of sp³-hybridized carbons (Fsp3) is 0.333. The zero-order valence-corrected chi connectivity index (χ0v) is 12.3. The molecule has 2 N–H and O–H groups in total. The Kier molecular flexibility index (Phi) is 2.68. The molecule has 21 heavy (non-hydrogen) atoms. The van der Waals surface area contributed by atoms with E-state index in [4.69, 9.17) is 0 Å². The van der Waals surface area contributed by atoms with Crippen LogP contribution in [0.5, 0.6) is 0 Å². The van der Waals surface area contributed by atoms with Crippen molar-refractivity contribution < 1.29 is 9.59 Å². The molecule has 2 amide bonds. The summed E-state index contributed by atoms with van der Waals surface area (Å²) in [6, 6.07) is 5.90. The first-order chi connectivity index (χ1) is 10.2. The number of thiophene rings is 1. The summed E-state index contributed by atoms with van der Waals surface area (Å²) in [6.07, 6.45) is 1.78. The van der Waals surface area contributed by atoms with Gasteiger partial charge in [-0.05, 0) is 23.1 Å². The van der Waals surface area contributed by atoms with E-state index in [1.165, 1.54) is 0 Å². The molecular formula is C15H15N3O2S. The molecule has 3 atom stereocenters. The summed E-state index contributed by atoms with van der Waals surface area (Å²) in [7, 11) is 1.77. The molecule has 2 aromatic heterocycles. The maximum absolute atomic E-state index is 12.4. The molecule has 0 bridgehead atoms. The standard InChI is InChI=1S/C15H15N3O2S/c1-18-13-10(9-4-5-16-12(9)15(18)20)11(13)14(19)17-7-8-3-2-6-21-8/h2-6,10-11,13,16H,7H2,1H3,(H,17,19). The second-order valence-corrected chi connectivity index (χ2v) is 6.60. The molecule has 1 saturated carbocycles. The topological polar surface area (TPSA) is 65.2 Å². The summed E-state index contributed by atoms with van der Waals surface area (Å²) < 4.78 is 0. The van der Waals surface area contributed by atoms with E-state index in [2.05, 4.69) is 10.3 Å². The summed E-state index contributed by atoms with van der Waals surface area (Å²) in [6.45, 7) is 0.560. The molecule has 0 spiro atoms. The summed E-state index contributed by atoms with van der Waals surface area (Å²) in [5, 5.41) is 4.98. The summed E-state index contributed by atoms with van der Waals surface area (Å²) in [5.74, 6) is 0.0187. The fourth-order valence-electron chi connectivity index (χ4n) is 3.33. The average Bonchev–Trinajstić information content (AvgIpc) is 2.87. The molecule has 2 aromatic rings. The number of fused-ring (bicyclic) bond motifs is 3. The zero-order valence-electron chi connectivity index (χ0n) is 11.5. The summed E-state index contributed by atoms with van der Waals surface area (Å²) in [5.41, 5.74) is 1.62. The zero-order chi connectivity index (χ0) is 14.6. The Balaban J connectivity index is 1.51. The van der Waals surface area contributed by atoms with E-state index in [-0.39, 0.29) is 29.7 Å². The van der Waals surface area contributed by atoms with Gasteiger partial charge in [-0.15, -0.1) is 11.3 Å². The van der Waals surface area contributed by atoms with Crippen LogP contribution in [0.2, 0.25) is 0 Å². The van der Waals surface area contributed by atoms with Crippen molar-refractivity contribution >= 4 is 23.2 Å². The van der Waals surface area contributed by atoms with Crippen LogP contribution < -0.4 is 5.32 Å². The predicted molar refractivity (Wildman–Crippen MR) is 79.1 cm³/mol. The van der Waals surface area contributed by atoms with Gasteiger partial charge in [0.2, 0.25) is 5.91 Å². The molecule has 1 fully saturated rings. The molecule has 6 heteroatoms. The molecule has 3 unspecified atom stereocenters. The number of likely N-dealkylation sites (N-methyl/N-ethyl adjacent to an activating group) is 1. The summed E-state index contributed by atoms with van der Waals surface area (Å²) in [4.78, 5) is 30.4. The Hall–Kier alpha value is -2.08. The normalized spacial score (nSPS) is 26.2. The smallest absolute Gasteiger partial charge is 0.270 e. The minimum absolute atomic E-state index is 0.00383. The fourth-order valence-corrected chi connectivity index (χ4v) is 3.98. The molecule has 4 rings (SSSR count). The van der Waals surface area contributed by atoms with Crippen molar-refractivity contribution in [2.75, 3.05) is 7.05 Å². The number of hydrogen-bond donors (Lipinski definition) is 2. The highest BCUT2D eigenvalue weighted by atomic mass is 32.1. The van der Waals surface area contributed by atoms with Gasteiger partial charge in [0, 0.05) is 24.0 Å². The van der Waals surface area contributed by atoms with Crippen molar-refractivity contribution in [2.45, 2.75) is 18.5 Å². The van der Waals surface area contributed by atoms with Crippen LogP contribution in [-0.4, -0.2) is 34.8 Å². The number of carbonyl (C=O) groups is 2. The number of hydrogen-bond acceptors (Lipinski definition) is 3. The molecule has 2 aliphatic rings. The van der Waals surface area contributed by atoms with Crippen LogP contribution >= 0.6 is 11.3 Å². The molecular weight excluding hydrogens is 286 g/mol. The predicted octanol–water partition coefficient (Wildman–Crippen LogP) is 1.56. The van der Waals surface area contributed by atoms with Crippen LogP contribution in [0.4, 0.5) is 0 Å². The number of aromatic amines is 1.